The zero-order valence-electron chi connectivity index (χ0n) is 12.7. The predicted octanol–water partition coefficient (Wildman–Crippen LogP) is 2.86. The van der Waals surface area contributed by atoms with Crippen LogP contribution in [0.25, 0.3) is 11.3 Å². The number of anilines is 1. The first-order valence-corrected chi connectivity index (χ1v) is 7.60. The average molecular weight is 321 g/mol. The normalized spacial score (nSPS) is 15.8. The van der Waals surface area contributed by atoms with E-state index in [9.17, 15) is 4.79 Å². The summed E-state index contributed by atoms with van der Waals surface area (Å²) in [6.45, 7) is 0.165. The van der Waals surface area contributed by atoms with Gasteiger partial charge in [-0.2, -0.15) is 5.10 Å². The molecule has 1 aromatic heterocycles. The molecule has 0 aliphatic carbocycles. The molecule has 1 atom stereocenters. The molecule has 6 heteroatoms. The predicted molar refractivity (Wildman–Crippen MR) is 89.0 cm³/mol. The molecule has 2 N–H and O–H groups in total. The van der Waals surface area contributed by atoms with Crippen molar-refractivity contribution in [1.82, 2.24) is 10.2 Å². The lowest BCUT2D eigenvalue weighted by molar-refractivity contribution is -0.125. The molecular weight excluding hydrogens is 306 g/mol. The van der Waals surface area contributed by atoms with Gasteiger partial charge in [-0.25, -0.2) is 0 Å². The summed E-state index contributed by atoms with van der Waals surface area (Å²) >= 11 is 0. The van der Waals surface area contributed by atoms with E-state index in [-0.39, 0.29) is 12.5 Å². The number of hydrogen-bond acceptors (Lipinski definition) is 4. The van der Waals surface area contributed by atoms with Crippen LogP contribution < -0.4 is 14.8 Å². The first-order chi connectivity index (χ1) is 11.8. The van der Waals surface area contributed by atoms with Crippen LogP contribution in [0, 0.1) is 0 Å². The van der Waals surface area contributed by atoms with Crippen molar-refractivity contribution in [1.29, 1.82) is 0 Å². The van der Waals surface area contributed by atoms with Crippen molar-refractivity contribution in [2.45, 2.75) is 6.10 Å². The number of fused-ring (bicyclic) bond motifs is 1. The minimum absolute atomic E-state index is 0.165. The second-order valence-corrected chi connectivity index (χ2v) is 5.39. The summed E-state index contributed by atoms with van der Waals surface area (Å²) in [6.07, 6.45) is -0.711. The number of para-hydroxylation sites is 2. The number of nitrogens with one attached hydrogen (secondary N) is 2. The maximum absolute atomic E-state index is 12.4. The molecule has 4 rings (SSSR count). The summed E-state index contributed by atoms with van der Waals surface area (Å²) in [7, 11) is 0. The van der Waals surface area contributed by atoms with Gasteiger partial charge in [0, 0.05) is 6.07 Å². The number of H-pyrrole nitrogens is 1. The van der Waals surface area contributed by atoms with Crippen LogP contribution in [-0.2, 0) is 4.79 Å². The highest BCUT2D eigenvalue weighted by atomic mass is 16.6. The monoisotopic (exact) mass is 321 g/mol. The topological polar surface area (TPSA) is 76.2 Å². The molecule has 0 saturated heterocycles. The quantitative estimate of drug-likeness (QED) is 0.778. The van der Waals surface area contributed by atoms with E-state index in [4.69, 9.17) is 9.47 Å². The molecule has 0 unspecified atom stereocenters. The van der Waals surface area contributed by atoms with E-state index in [0.717, 1.165) is 11.3 Å². The van der Waals surface area contributed by atoms with Crippen LogP contribution in [0.1, 0.15) is 0 Å². The van der Waals surface area contributed by atoms with Gasteiger partial charge in [-0.05, 0) is 17.7 Å². The fraction of sp³-hybridized carbons (Fsp3) is 0.111. The standard InChI is InChI=1S/C18H15N3O3/c22-18(16-11-23-14-8-4-5-9-15(14)24-16)19-17-10-13(20-21-17)12-6-2-1-3-7-12/h1-10,16H,11H2,(H2,19,20,21,22)/t16-/m0/s1. The molecule has 1 aliphatic rings. The first kappa shape index (κ1) is 14.3. The molecule has 0 saturated carbocycles. The van der Waals surface area contributed by atoms with E-state index in [2.05, 4.69) is 15.5 Å². The highest BCUT2D eigenvalue weighted by molar-refractivity contribution is 5.94. The number of ether oxygens (including phenoxy) is 2. The van der Waals surface area contributed by atoms with E-state index < -0.39 is 6.10 Å². The van der Waals surface area contributed by atoms with Crippen molar-refractivity contribution in [3.05, 3.63) is 60.7 Å². The number of hydrogen-bond donors (Lipinski definition) is 2. The lowest BCUT2D eigenvalue weighted by atomic mass is 10.1. The van der Waals surface area contributed by atoms with E-state index in [1.54, 1.807) is 12.1 Å². The van der Waals surface area contributed by atoms with Crippen molar-refractivity contribution in [3.8, 4) is 22.8 Å². The SMILES string of the molecule is O=C(Nc1cc(-c2ccccc2)[nH]n1)[C@@H]1COc2ccccc2O1. The van der Waals surface area contributed by atoms with Gasteiger partial charge in [0.25, 0.3) is 5.91 Å². The number of benzene rings is 2. The molecule has 2 heterocycles. The minimum Gasteiger partial charge on any atom is -0.485 e. The number of nitrogens with zero attached hydrogens (tertiary/aromatic N) is 1. The maximum Gasteiger partial charge on any atom is 0.270 e. The zero-order valence-corrected chi connectivity index (χ0v) is 12.7. The fourth-order valence-electron chi connectivity index (χ4n) is 2.51. The summed E-state index contributed by atoms with van der Waals surface area (Å²) in [5.74, 6) is 1.36. The first-order valence-electron chi connectivity index (χ1n) is 7.60. The Morgan fingerprint density at radius 1 is 1.08 bits per heavy atom. The zero-order chi connectivity index (χ0) is 16.4. The molecule has 0 fully saturated rings. The van der Waals surface area contributed by atoms with E-state index >= 15 is 0 Å². The molecule has 120 valence electrons. The van der Waals surface area contributed by atoms with Crippen LogP contribution >= 0.6 is 0 Å². The van der Waals surface area contributed by atoms with Crippen LogP contribution in [0.2, 0.25) is 0 Å². The van der Waals surface area contributed by atoms with E-state index in [1.807, 2.05) is 48.5 Å². The van der Waals surface area contributed by atoms with Crippen molar-refractivity contribution in [3.63, 3.8) is 0 Å². The Morgan fingerprint density at radius 2 is 1.83 bits per heavy atom. The highest BCUT2D eigenvalue weighted by Gasteiger charge is 2.27. The molecule has 1 aliphatic heterocycles. The van der Waals surface area contributed by atoms with Gasteiger partial charge in [-0.15, -0.1) is 0 Å². The third-order valence-corrected chi connectivity index (χ3v) is 3.71. The third kappa shape index (κ3) is 2.81. The lowest BCUT2D eigenvalue weighted by Crippen LogP contribution is -2.40. The summed E-state index contributed by atoms with van der Waals surface area (Å²) < 4.78 is 11.2. The second-order valence-electron chi connectivity index (χ2n) is 5.39. The van der Waals surface area contributed by atoms with Gasteiger partial charge in [0.05, 0.1) is 5.69 Å². The van der Waals surface area contributed by atoms with Crippen molar-refractivity contribution in [2.24, 2.45) is 0 Å². The van der Waals surface area contributed by atoms with E-state index in [0.29, 0.717) is 17.3 Å². The smallest absolute Gasteiger partial charge is 0.270 e. The molecule has 1 amide bonds. The van der Waals surface area contributed by atoms with Crippen molar-refractivity contribution in [2.75, 3.05) is 11.9 Å². The van der Waals surface area contributed by atoms with Crippen LogP contribution in [0.5, 0.6) is 11.5 Å². The van der Waals surface area contributed by atoms with Crippen LogP contribution in [0.3, 0.4) is 0 Å². The Balaban J connectivity index is 1.45. The van der Waals surface area contributed by atoms with Crippen molar-refractivity contribution < 1.29 is 14.3 Å². The van der Waals surface area contributed by atoms with Crippen molar-refractivity contribution >= 4 is 11.7 Å². The molecule has 3 aromatic rings. The summed E-state index contributed by atoms with van der Waals surface area (Å²) in [4.78, 5) is 12.4. The number of aromatic amines is 1. The Bertz CT molecular complexity index is 861. The van der Waals surface area contributed by atoms with Gasteiger partial charge in [0.2, 0.25) is 6.10 Å². The van der Waals surface area contributed by atoms with Gasteiger partial charge >= 0.3 is 0 Å². The Hall–Kier alpha value is -3.28. The summed E-state index contributed by atoms with van der Waals surface area (Å²) in [6, 6.07) is 18.8. The Labute approximate surface area is 138 Å². The Kier molecular flexibility index (Phi) is 3.63. The van der Waals surface area contributed by atoms with E-state index in [1.165, 1.54) is 0 Å². The number of rotatable bonds is 3. The minimum atomic E-state index is -0.711. The number of aromatic nitrogens is 2. The van der Waals surface area contributed by atoms with Gasteiger partial charge in [-0.3, -0.25) is 9.89 Å². The molecule has 0 radical (unpaired) electrons. The highest BCUT2D eigenvalue weighted by Crippen LogP contribution is 2.31. The third-order valence-electron chi connectivity index (χ3n) is 3.71. The average Bonchev–Trinajstić information content (AvgIpc) is 3.10. The molecule has 0 spiro atoms. The largest absolute Gasteiger partial charge is 0.485 e. The lowest BCUT2D eigenvalue weighted by Gasteiger charge is -2.25. The van der Waals surface area contributed by atoms with Crippen LogP contribution in [0.4, 0.5) is 5.82 Å². The number of amides is 1. The van der Waals surface area contributed by atoms with Crippen LogP contribution in [0.15, 0.2) is 60.7 Å². The number of carbonyl (C=O) groups excluding carboxylic acids is 1. The fourth-order valence-corrected chi connectivity index (χ4v) is 2.51. The second kappa shape index (κ2) is 6.08. The van der Waals surface area contributed by atoms with Gasteiger partial charge < -0.3 is 14.8 Å². The maximum atomic E-state index is 12.4. The Morgan fingerprint density at radius 3 is 2.67 bits per heavy atom. The van der Waals surface area contributed by atoms with Crippen LogP contribution in [-0.4, -0.2) is 28.8 Å². The van der Waals surface area contributed by atoms with Gasteiger partial charge in [0.1, 0.15) is 6.61 Å². The molecule has 2 aromatic carbocycles. The van der Waals surface area contributed by atoms with Gasteiger partial charge in [0.15, 0.2) is 17.3 Å². The molecular formula is C18H15N3O3. The molecule has 0 bridgehead atoms. The molecule has 6 nitrogen and oxygen atoms in total. The molecule has 24 heavy (non-hydrogen) atoms. The van der Waals surface area contributed by atoms with Gasteiger partial charge in [-0.1, -0.05) is 42.5 Å². The summed E-state index contributed by atoms with van der Waals surface area (Å²) in [5.41, 5.74) is 1.83. The summed E-state index contributed by atoms with van der Waals surface area (Å²) in [5, 5.41) is 9.77. The number of carbonyl (C=O) groups is 1.